The van der Waals surface area contributed by atoms with Crippen LogP contribution in [0.15, 0.2) is 12.1 Å². The zero-order chi connectivity index (χ0) is 12.7. The van der Waals surface area contributed by atoms with E-state index in [0.717, 1.165) is 34.0 Å². The molecular weight excluding hydrogens is 246 g/mol. The van der Waals surface area contributed by atoms with Crippen molar-refractivity contribution < 1.29 is 0 Å². The maximum Gasteiger partial charge on any atom is 0.110 e. The fourth-order valence-corrected chi connectivity index (χ4v) is 3.21. The first kappa shape index (κ1) is 12.0. The minimum atomic E-state index is 0.487. The predicted octanol–water partition coefficient (Wildman–Crippen LogP) is 3.37. The molecule has 1 fully saturated rings. The molecular formula is C14H18ClN3. The van der Waals surface area contributed by atoms with Crippen molar-refractivity contribution in [2.45, 2.75) is 32.1 Å². The van der Waals surface area contributed by atoms with Crippen LogP contribution in [0.2, 0.25) is 5.02 Å². The Labute approximate surface area is 112 Å². The highest BCUT2D eigenvalue weighted by molar-refractivity contribution is 6.32. The average molecular weight is 264 g/mol. The van der Waals surface area contributed by atoms with E-state index in [1.807, 2.05) is 19.1 Å². The van der Waals surface area contributed by atoms with Crippen molar-refractivity contribution >= 4 is 22.6 Å². The number of fused-ring (bicyclic) bond motifs is 1. The SMILES string of the molecule is Cc1c(Cl)ccc2[nH]c(C3CCCC3CN)nc12. The van der Waals surface area contributed by atoms with E-state index in [-0.39, 0.29) is 0 Å². The molecule has 2 unspecified atom stereocenters. The van der Waals surface area contributed by atoms with Gasteiger partial charge in [0.05, 0.1) is 11.0 Å². The summed E-state index contributed by atoms with van der Waals surface area (Å²) in [6.07, 6.45) is 3.66. The maximum absolute atomic E-state index is 6.14. The highest BCUT2D eigenvalue weighted by Gasteiger charge is 2.29. The standard InChI is InChI=1S/C14H18ClN3/c1-8-11(15)5-6-12-13(8)18-14(17-12)10-4-2-3-9(10)7-16/h5-6,9-10H,2-4,7,16H2,1H3,(H,17,18). The van der Waals surface area contributed by atoms with Gasteiger partial charge in [0.2, 0.25) is 0 Å². The first-order valence-electron chi connectivity index (χ1n) is 6.55. The fraction of sp³-hybridized carbons (Fsp3) is 0.500. The van der Waals surface area contributed by atoms with Gasteiger partial charge in [0.15, 0.2) is 0 Å². The van der Waals surface area contributed by atoms with Crippen molar-refractivity contribution in [2.75, 3.05) is 6.54 Å². The van der Waals surface area contributed by atoms with Crippen LogP contribution < -0.4 is 5.73 Å². The fourth-order valence-electron chi connectivity index (χ4n) is 3.06. The molecule has 0 aliphatic heterocycles. The minimum absolute atomic E-state index is 0.487. The zero-order valence-electron chi connectivity index (χ0n) is 10.5. The number of benzene rings is 1. The molecule has 2 atom stereocenters. The van der Waals surface area contributed by atoms with Gasteiger partial charge >= 0.3 is 0 Å². The van der Waals surface area contributed by atoms with Crippen LogP contribution in [-0.4, -0.2) is 16.5 Å². The van der Waals surface area contributed by atoms with Gasteiger partial charge in [0.25, 0.3) is 0 Å². The van der Waals surface area contributed by atoms with Gasteiger partial charge in [-0.15, -0.1) is 0 Å². The van der Waals surface area contributed by atoms with Crippen molar-refractivity contribution in [3.05, 3.63) is 28.5 Å². The molecule has 1 aromatic heterocycles. The van der Waals surface area contributed by atoms with Crippen molar-refractivity contribution in [1.29, 1.82) is 0 Å². The smallest absolute Gasteiger partial charge is 0.110 e. The van der Waals surface area contributed by atoms with Gasteiger partial charge in [-0.3, -0.25) is 0 Å². The normalized spacial score (nSPS) is 23.9. The third-order valence-corrected chi connectivity index (χ3v) is 4.58. The predicted molar refractivity (Wildman–Crippen MR) is 75.0 cm³/mol. The lowest BCUT2D eigenvalue weighted by atomic mass is 9.96. The summed E-state index contributed by atoms with van der Waals surface area (Å²) in [6.45, 7) is 2.77. The van der Waals surface area contributed by atoms with E-state index in [4.69, 9.17) is 22.3 Å². The molecule has 1 saturated carbocycles. The molecule has 3 N–H and O–H groups in total. The van der Waals surface area contributed by atoms with Crippen LogP contribution in [0, 0.1) is 12.8 Å². The highest BCUT2D eigenvalue weighted by Crippen LogP contribution is 2.38. The molecule has 96 valence electrons. The largest absolute Gasteiger partial charge is 0.342 e. The molecule has 0 spiro atoms. The van der Waals surface area contributed by atoms with E-state index in [1.165, 1.54) is 19.3 Å². The highest BCUT2D eigenvalue weighted by atomic mass is 35.5. The second-order valence-electron chi connectivity index (χ2n) is 5.22. The van der Waals surface area contributed by atoms with Gasteiger partial charge in [-0.05, 0) is 49.9 Å². The number of H-pyrrole nitrogens is 1. The Hall–Kier alpha value is -1.06. The van der Waals surface area contributed by atoms with E-state index in [1.54, 1.807) is 0 Å². The molecule has 4 heteroatoms. The molecule has 0 saturated heterocycles. The number of aromatic amines is 1. The van der Waals surface area contributed by atoms with E-state index < -0.39 is 0 Å². The van der Waals surface area contributed by atoms with Crippen LogP contribution in [0.1, 0.15) is 36.6 Å². The van der Waals surface area contributed by atoms with Crippen molar-refractivity contribution in [2.24, 2.45) is 11.7 Å². The summed E-state index contributed by atoms with van der Waals surface area (Å²) in [7, 11) is 0. The number of rotatable bonds is 2. The van der Waals surface area contributed by atoms with Crippen LogP contribution >= 0.6 is 11.6 Å². The summed E-state index contributed by atoms with van der Waals surface area (Å²) in [5.74, 6) is 2.14. The third kappa shape index (κ3) is 1.82. The quantitative estimate of drug-likeness (QED) is 0.873. The Morgan fingerprint density at radius 3 is 3.06 bits per heavy atom. The number of hydrogen-bond acceptors (Lipinski definition) is 2. The molecule has 18 heavy (non-hydrogen) atoms. The summed E-state index contributed by atoms with van der Waals surface area (Å²) in [5, 5.41) is 0.780. The molecule has 1 aromatic carbocycles. The molecule has 3 nitrogen and oxygen atoms in total. The number of aromatic nitrogens is 2. The summed E-state index contributed by atoms with van der Waals surface area (Å²) >= 11 is 6.14. The van der Waals surface area contributed by atoms with Gasteiger partial charge < -0.3 is 10.7 Å². The Morgan fingerprint density at radius 1 is 1.44 bits per heavy atom. The Kier molecular flexibility index (Phi) is 3.04. The number of imidazole rings is 1. The first-order valence-corrected chi connectivity index (χ1v) is 6.93. The Balaban J connectivity index is 2.06. The second kappa shape index (κ2) is 4.56. The number of halogens is 1. The molecule has 3 rings (SSSR count). The molecule has 1 aliphatic carbocycles. The van der Waals surface area contributed by atoms with E-state index in [0.29, 0.717) is 11.8 Å². The van der Waals surface area contributed by atoms with Gasteiger partial charge in [-0.1, -0.05) is 18.0 Å². The third-order valence-electron chi connectivity index (χ3n) is 4.17. The van der Waals surface area contributed by atoms with Crippen LogP contribution in [-0.2, 0) is 0 Å². The lowest BCUT2D eigenvalue weighted by Gasteiger charge is -2.14. The van der Waals surface area contributed by atoms with Crippen molar-refractivity contribution in [1.82, 2.24) is 9.97 Å². The van der Waals surface area contributed by atoms with Crippen LogP contribution in [0.25, 0.3) is 11.0 Å². The number of nitrogens with zero attached hydrogens (tertiary/aromatic N) is 1. The van der Waals surface area contributed by atoms with E-state index in [9.17, 15) is 0 Å². The van der Waals surface area contributed by atoms with Gasteiger partial charge in [0.1, 0.15) is 5.82 Å². The van der Waals surface area contributed by atoms with Crippen LogP contribution in [0.5, 0.6) is 0 Å². The summed E-state index contributed by atoms with van der Waals surface area (Å²) in [4.78, 5) is 8.20. The molecule has 2 aromatic rings. The molecule has 1 heterocycles. The molecule has 0 amide bonds. The molecule has 1 aliphatic rings. The van der Waals surface area contributed by atoms with Gasteiger partial charge in [-0.2, -0.15) is 0 Å². The van der Waals surface area contributed by atoms with E-state index in [2.05, 4.69) is 4.98 Å². The topological polar surface area (TPSA) is 54.7 Å². The second-order valence-corrected chi connectivity index (χ2v) is 5.63. The zero-order valence-corrected chi connectivity index (χ0v) is 11.3. The molecule has 0 radical (unpaired) electrons. The Bertz CT molecular complexity index is 576. The monoisotopic (exact) mass is 263 g/mol. The maximum atomic E-state index is 6.14. The Morgan fingerprint density at radius 2 is 2.28 bits per heavy atom. The van der Waals surface area contributed by atoms with Gasteiger partial charge in [-0.25, -0.2) is 4.98 Å². The number of nitrogens with two attached hydrogens (primary N) is 1. The summed E-state index contributed by atoms with van der Waals surface area (Å²) in [6, 6.07) is 3.93. The first-order chi connectivity index (χ1) is 8.70. The van der Waals surface area contributed by atoms with E-state index >= 15 is 0 Å². The lowest BCUT2D eigenvalue weighted by molar-refractivity contribution is 0.481. The number of aryl methyl sites for hydroxylation is 1. The lowest BCUT2D eigenvalue weighted by Crippen LogP contribution is -2.17. The number of hydrogen-bond donors (Lipinski definition) is 2. The molecule has 0 bridgehead atoms. The number of nitrogens with one attached hydrogen (secondary N) is 1. The van der Waals surface area contributed by atoms with Crippen molar-refractivity contribution in [3.63, 3.8) is 0 Å². The average Bonchev–Trinajstić information content (AvgIpc) is 2.99. The minimum Gasteiger partial charge on any atom is -0.342 e. The summed E-state index contributed by atoms with van der Waals surface area (Å²) in [5.41, 5.74) is 8.98. The summed E-state index contributed by atoms with van der Waals surface area (Å²) < 4.78 is 0. The van der Waals surface area contributed by atoms with Crippen LogP contribution in [0.4, 0.5) is 0 Å². The van der Waals surface area contributed by atoms with Crippen molar-refractivity contribution in [3.8, 4) is 0 Å². The van der Waals surface area contributed by atoms with Crippen LogP contribution in [0.3, 0.4) is 0 Å². The van der Waals surface area contributed by atoms with Gasteiger partial charge in [0, 0.05) is 10.9 Å².